The summed E-state index contributed by atoms with van der Waals surface area (Å²) in [5, 5.41) is 0. The molecule has 0 aromatic heterocycles. The van der Waals surface area contributed by atoms with Crippen molar-refractivity contribution in [2.45, 2.75) is 52.0 Å². The van der Waals surface area contributed by atoms with Crippen molar-refractivity contribution >= 4 is 9.28 Å². The second-order valence-electron chi connectivity index (χ2n) is 4.92. The average Bonchev–Trinajstić information content (AvgIpc) is 2.46. The fourth-order valence-corrected chi connectivity index (χ4v) is 4.86. The van der Waals surface area contributed by atoms with E-state index in [0.717, 1.165) is 32.5 Å². The van der Waals surface area contributed by atoms with Crippen LogP contribution in [-0.4, -0.2) is 22.5 Å². The van der Waals surface area contributed by atoms with Gasteiger partial charge in [0.05, 0.1) is 0 Å². The zero-order valence-electron chi connectivity index (χ0n) is 12.6. The third-order valence-corrected chi connectivity index (χ3v) is 5.63. The molecule has 0 aliphatic carbocycles. The van der Waals surface area contributed by atoms with Crippen molar-refractivity contribution in [1.29, 1.82) is 0 Å². The molecule has 0 heterocycles. The van der Waals surface area contributed by atoms with E-state index < -0.39 is 9.28 Å². The van der Waals surface area contributed by atoms with E-state index in [0.29, 0.717) is 5.54 Å². The quantitative estimate of drug-likeness (QED) is 0.599. The zero-order valence-corrected chi connectivity index (χ0v) is 13.8. The zero-order chi connectivity index (χ0) is 13.9. The van der Waals surface area contributed by atoms with Crippen LogP contribution >= 0.6 is 0 Å². The molecule has 0 saturated carbocycles. The summed E-state index contributed by atoms with van der Waals surface area (Å²) in [5.74, 6) is 0. The maximum absolute atomic E-state index is 6.08. The monoisotopic (exact) mass is 280 g/mol. The molecule has 0 bridgehead atoms. The summed E-state index contributed by atoms with van der Waals surface area (Å²) >= 11 is 0. The largest absolute Gasteiger partial charge is 0.396 e. The average molecular weight is 280 g/mol. The number of hydrogen-bond donors (Lipinski definition) is 0. The van der Waals surface area contributed by atoms with Gasteiger partial charge in [-0.1, -0.05) is 57.5 Å². The Labute approximate surface area is 120 Å². The second kappa shape index (κ2) is 10.2. The number of hydrogen-bond acceptors (Lipinski definition) is 2. The summed E-state index contributed by atoms with van der Waals surface area (Å²) in [6.07, 6.45) is 4.46. The summed E-state index contributed by atoms with van der Waals surface area (Å²) in [6, 6.07) is 10.7. The fourth-order valence-electron chi connectivity index (χ4n) is 2.22. The molecule has 0 aliphatic rings. The minimum atomic E-state index is -1.63. The Morgan fingerprint density at radius 1 is 0.895 bits per heavy atom. The van der Waals surface area contributed by atoms with Gasteiger partial charge in [0.25, 0.3) is 0 Å². The third-order valence-electron chi connectivity index (χ3n) is 3.13. The molecule has 0 saturated heterocycles. The predicted octanol–water partition coefficient (Wildman–Crippen LogP) is 4.18. The van der Waals surface area contributed by atoms with Crippen LogP contribution in [-0.2, 0) is 8.85 Å². The van der Waals surface area contributed by atoms with Crippen molar-refractivity contribution in [2.24, 2.45) is 0 Å². The molecule has 1 rings (SSSR count). The second-order valence-corrected chi connectivity index (χ2v) is 7.12. The fraction of sp³-hybridized carbons (Fsp3) is 0.625. The molecule has 0 fully saturated rings. The van der Waals surface area contributed by atoms with Crippen molar-refractivity contribution in [2.75, 3.05) is 13.2 Å². The van der Waals surface area contributed by atoms with Gasteiger partial charge < -0.3 is 8.85 Å². The molecule has 0 spiro atoms. The van der Waals surface area contributed by atoms with E-state index in [2.05, 4.69) is 51.1 Å². The molecule has 1 atom stereocenters. The van der Waals surface area contributed by atoms with Crippen LogP contribution in [0.4, 0.5) is 0 Å². The van der Waals surface area contributed by atoms with E-state index in [1.165, 1.54) is 12.0 Å². The highest BCUT2D eigenvalue weighted by atomic mass is 28.3. The summed E-state index contributed by atoms with van der Waals surface area (Å²) in [4.78, 5) is 0. The smallest absolute Gasteiger partial charge is 0.329 e. The molecule has 19 heavy (non-hydrogen) atoms. The highest BCUT2D eigenvalue weighted by Crippen LogP contribution is 2.25. The van der Waals surface area contributed by atoms with Crippen LogP contribution < -0.4 is 0 Å². The van der Waals surface area contributed by atoms with Crippen molar-refractivity contribution in [3.05, 3.63) is 35.9 Å². The Hall–Kier alpha value is -0.643. The van der Waals surface area contributed by atoms with Crippen molar-refractivity contribution < 1.29 is 8.85 Å². The Balaban J connectivity index is 2.77. The Morgan fingerprint density at radius 3 is 1.95 bits per heavy atom. The van der Waals surface area contributed by atoms with E-state index in [4.69, 9.17) is 8.85 Å². The molecule has 2 nitrogen and oxygen atoms in total. The number of rotatable bonds is 10. The maximum atomic E-state index is 6.08. The predicted molar refractivity (Wildman–Crippen MR) is 83.7 cm³/mol. The van der Waals surface area contributed by atoms with E-state index >= 15 is 0 Å². The SMILES string of the molecule is CCCO[SiH](OCCC)C(CCC)c1ccccc1. The topological polar surface area (TPSA) is 18.5 Å². The first kappa shape index (κ1) is 16.4. The van der Waals surface area contributed by atoms with Gasteiger partial charge in [0.15, 0.2) is 0 Å². The molecule has 0 amide bonds. The highest BCUT2D eigenvalue weighted by Gasteiger charge is 2.26. The van der Waals surface area contributed by atoms with Crippen LogP contribution in [0, 0.1) is 0 Å². The van der Waals surface area contributed by atoms with Crippen LogP contribution in [0.25, 0.3) is 0 Å². The molecule has 1 unspecified atom stereocenters. The number of benzene rings is 1. The van der Waals surface area contributed by atoms with Gasteiger partial charge in [0.1, 0.15) is 0 Å². The first-order valence-electron chi connectivity index (χ1n) is 7.61. The molecule has 108 valence electrons. The first-order chi connectivity index (χ1) is 9.33. The first-order valence-corrected chi connectivity index (χ1v) is 9.22. The van der Waals surface area contributed by atoms with Gasteiger partial charge in [-0.25, -0.2) is 0 Å². The molecule has 1 aromatic carbocycles. The summed E-state index contributed by atoms with van der Waals surface area (Å²) in [6.45, 7) is 8.20. The van der Waals surface area contributed by atoms with Crippen LogP contribution in [0.3, 0.4) is 0 Å². The molecule has 0 N–H and O–H groups in total. The van der Waals surface area contributed by atoms with Crippen molar-refractivity contribution in [3.63, 3.8) is 0 Å². The lowest BCUT2D eigenvalue weighted by molar-refractivity contribution is 0.187. The molecule has 3 heteroatoms. The van der Waals surface area contributed by atoms with Crippen LogP contribution in [0.15, 0.2) is 30.3 Å². The van der Waals surface area contributed by atoms with Gasteiger partial charge in [-0.2, -0.15) is 0 Å². The van der Waals surface area contributed by atoms with Gasteiger partial charge in [-0.15, -0.1) is 0 Å². The summed E-state index contributed by atoms with van der Waals surface area (Å²) < 4.78 is 12.2. The van der Waals surface area contributed by atoms with Gasteiger partial charge in [-0.3, -0.25) is 0 Å². The third kappa shape index (κ3) is 5.89. The Kier molecular flexibility index (Phi) is 8.79. The summed E-state index contributed by atoms with van der Waals surface area (Å²) in [7, 11) is -1.63. The lowest BCUT2D eigenvalue weighted by Gasteiger charge is -2.25. The van der Waals surface area contributed by atoms with Gasteiger partial charge in [0, 0.05) is 18.8 Å². The van der Waals surface area contributed by atoms with Crippen LogP contribution in [0.1, 0.15) is 57.6 Å². The minimum absolute atomic E-state index is 0.476. The van der Waals surface area contributed by atoms with E-state index in [9.17, 15) is 0 Å². The molecule has 0 aliphatic heterocycles. The van der Waals surface area contributed by atoms with E-state index in [1.807, 2.05) is 0 Å². The lowest BCUT2D eigenvalue weighted by Crippen LogP contribution is -2.32. The molecular weight excluding hydrogens is 252 g/mol. The van der Waals surface area contributed by atoms with Gasteiger partial charge >= 0.3 is 9.28 Å². The van der Waals surface area contributed by atoms with Crippen LogP contribution in [0.5, 0.6) is 0 Å². The molecule has 0 radical (unpaired) electrons. The molecule has 1 aromatic rings. The van der Waals surface area contributed by atoms with Crippen molar-refractivity contribution in [1.82, 2.24) is 0 Å². The van der Waals surface area contributed by atoms with Crippen molar-refractivity contribution in [3.8, 4) is 0 Å². The van der Waals surface area contributed by atoms with Crippen LogP contribution in [0.2, 0.25) is 0 Å². The highest BCUT2D eigenvalue weighted by molar-refractivity contribution is 6.46. The standard InChI is InChI=1S/C16H28O2Si/c1-4-10-16(15-11-8-7-9-12-15)19(17-13-5-2)18-14-6-3/h7-9,11-12,16,19H,4-6,10,13-14H2,1-3H3. The Morgan fingerprint density at radius 2 is 1.47 bits per heavy atom. The maximum Gasteiger partial charge on any atom is 0.329 e. The molecular formula is C16H28O2Si. The summed E-state index contributed by atoms with van der Waals surface area (Å²) in [5.41, 5.74) is 1.86. The lowest BCUT2D eigenvalue weighted by atomic mass is 10.1. The normalized spacial score (nSPS) is 12.8. The van der Waals surface area contributed by atoms with Gasteiger partial charge in [0.2, 0.25) is 0 Å². The van der Waals surface area contributed by atoms with E-state index in [1.54, 1.807) is 0 Å². The van der Waals surface area contributed by atoms with Gasteiger partial charge in [-0.05, 0) is 24.8 Å². The Bertz CT molecular complexity index is 308. The minimum Gasteiger partial charge on any atom is -0.396 e. The van der Waals surface area contributed by atoms with E-state index in [-0.39, 0.29) is 0 Å².